The SMILES string of the molecule is CCCC(CCC)(C(=O)NCCCCN(C)C)C(N)=S. The highest BCUT2D eigenvalue weighted by molar-refractivity contribution is 7.80. The molecule has 0 radical (unpaired) electrons. The van der Waals surface area contributed by atoms with E-state index in [1.165, 1.54) is 0 Å². The lowest BCUT2D eigenvalue weighted by atomic mass is 9.78. The molecule has 0 fully saturated rings. The molecule has 3 N–H and O–H groups in total. The van der Waals surface area contributed by atoms with Crippen molar-refractivity contribution in [2.75, 3.05) is 27.2 Å². The largest absolute Gasteiger partial charge is 0.392 e. The average Bonchev–Trinajstić information content (AvgIpc) is 2.36. The Balaban J connectivity index is 4.44. The van der Waals surface area contributed by atoms with Gasteiger partial charge in [0.2, 0.25) is 5.91 Å². The summed E-state index contributed by atoms with van der Waals surface area (Å²) in [5.41, 5.74) is 5.23. The fourth-order valence-electron chi connectivity index (χ4n) is 2.49. The highest BCUT2D eigenvalue weighted by Gasteiger charge is 2.39. The van der Waals surface area contributed by atoms with Gasteiger partial charge in [-0.25, -0.2) is 0 Å². The Bertz CT molecular complexity index is 299. The molecule has 0 atom stereocenters. The number of unbranched alkanes of at least 4 members (excludes halogenated alkanes) is 1. The van der Waals surface area contributed by atoms with Crippen LogP contribution in [0.5, 0.6) is 0 Å². The second-order valence-electron chi connectivity index (χ2n) is 5.71. The zero-order chi connectivity index (χ0) is 15.6. The van der Waals surface area contributed by atoms with E-state index < -0.39 is 5.41 Å². The van der Waals surface area contributed by atoms with Crippen molar-refractivity contribution >= 4 is 23.1 Å². The van der Waals surface area contributed by atoms with Gasteiger partial charge < -0.3 is 16.0 Å². The van der Waals surface area contributed by atoms with Crippen LogP contribution in [0.15, 0.2) is 0 Å². The smallest absolute Gasteiger partial charge is 0.233 e. The van der Waals surface area contributed by atoms with Crippen LogP contribution >= 0.6 is 12.2 Å². The molecule has 0 rings (SSSR count). The zero-order valence-corrected chi connectivity index (χ0v) is 14.3. The zero-order valence-electron chi connectivity index (χ0n) is 13.5. The van der Waals surface area contributed by atoms with Gasteiger partial charge in [-0.1, -0.05) is 38.9 Å². The minimum atomic E-state index is -0.652. The van der Waals surface area contributed by atoms with Gasteiger partial charge in [0.05, 0.1) is 10.4 Å². The van der Waals surface area contributed by atoms with E-state index in [0.29, 0.717) is 11.5 Å². The van der Waals surface area contributed by atoms with E-state index in [1.807, 2.05) is 0 Å². The molecule has 5 heteroatoms. The summed E-state index contributed by atoms with van der Waals surface area (Å²) in [5, 5.41) is 3.02. The third-order valence-electron chi connectivity index (χ3n) is 3.58. The van der Waals surface area contributed by atoms with Crippen molar-refractivity contribution in [1.82, 2.24) is 10.2 Å². The molecule has 0 bridgehead atoms. The second kappa shape index (κ2) is 10.1. The standard InChI is InChI=1S/C15H31N3OS/c1-5-9-15(10-6-2,13(16)20)14(19)17-11-7-8-12-18(3)4/h5-12H2,1-4H3,(H2,16,20)(H,17,19). The third-order valence-corrected chi connectivity index (χ3v) is 3.97. The number of nitrogens with zero attached hydrogens (tertiary/aromatic N) is 1. The number of amides is 1. The lowest BCUT2D eigenvalue weighted by Gasteiger charge is -2.31. The fraction of sp³-hybridized carbons (Fsp3) is 0.867. The van der Waals surface area contributed by atoms with Crippen LogP contribution in [0.1, 0.15) is 52.4 Å². The van der Waals surface area contributed by atoms with Crippen molar-refractivity contribution in [1.29, 1.82) is 0 Å². The van der Waals surface area contributed by atoms with Crippen LogP contribution in [-0.4, -0.2) is 43.0 Å². The highest BCUT2D eigenvalue weighted by atomic mass is 32.1. The predicted octanol–water partition coefficient (Wildman–Crippen LogP) is 2.32. The van der Waals surface area contributed by atoms with Gasteiger partial charge in [0.15, 0.2) is 0 Å². The maximum atomic E-state index is 12.5. The molecule has 0 aromatic heterocycles. The minimum Gasteiger partial charge on any atom is -0.392 e. The van der Waals surface area contributed by atoms with Crippen LogP contribution in [0.4, 0.5) is 0 Å². The van der Waals surface area contributed by atoms with Crippen LogP contribution in [0.2, 0.25) is 0 Å². The fourth-order valence-corrected chi connectivity index (χ4v) is 2.78. The molecule has 0 aliphatic heterocycles. The van der Waals surface area contributed by atoms with Crippen LogP contribution < -0.4 is 11.1 Å². The Morgan fingerprint density at radius 3 is 2.15 bits per heavy atom. The summed E-state index contributed by atoms with van der Waals surface area (Å²) in [5.74, 6) is 0.0125. The van der Waals surface area contributed by atoms with E-state index in [4.69, 9.17) is 18.0 Å². The predicted molar refractivity (Wildman–Crippen MR) is 89.8 cm³/mol. The maximum Gasteiger partial charge on any atom is 0.233 e. The van der Waals surface area contributed by atoms with Crippen LogP contribution in [0, 0.1) is 5.41 Å². The summed E-state index contributed by atoms with van der Waals surface area (Å²) in [4.78, 5) is 15.0. The van der Waals surface area contributed by atoms with Gasteiger partial charge >= 0.3 is 0 Å². The van der Waals surface area contributed by atoms with E-state index in [-0.39, 0.29) is 5.91 Å². The summed E-state index contributed by atoms with van der Waals surface area (Å²) in [6.45, 7) is 5.87. The van der Waals surface area contributed by atoms with Gasteiger partial charge in [-0.3, -0.25) is 4.79 Å². The lowest BCUT2D eigenvalue weighted by molar-refractivity contribution is -0.128. The lowest BCUT2D eigenvalue weighted by Crippen LogP contribution is -2.49. The number of thiocarbonyl (C=S) groups is 1. The summed E-state index contributed by atoms with van der Waals surface area (Å²) in [6.07, 6.45) is 5.35. The highest BCUT2D eigenvalue weighted by Crippen LogP contribution is 2.30. The first-order chi connectivity index (χ1) is 9.40. The number of rotatable bonds is 11. The molecule has 0 saturated carbocycles. The van der Waals surface area contributed by atoms with Crippen molar-refractivity contribution in [2.45, 2.75) is 52.4 Å². The number of carbonyl (C=O) groups is 1. The second-order valence-corrected chi connectivity index (χ2v) is 6.15. The molecule has 0 aromatic carbocycles. The van der Waals surface area contributed by atoms with Crippen LogP contribution in [0.25, 0.3) is 0 Å². The van der Waals surface area contributed by atoms with E-state index in [9.17, 15) is 4.79 Å². The Morgan fingerprint density at radius 1 is 1.20 bits per heavy atom. The van der Waals surface area contributed by atoms with Gasteiger partial charge in [-0.15, -0.1) is 0 Å². The van der Waals surface area contributed by atoms with Crippen molar-refractivity contribution in [3.8, 4) is 0 Å². The summed E-state index contributed by atoms with van der Waals surface area (Å²) < 4.78 is 0. The van der Waals surface area contributed by atoms with E-state index >= 15 is 0 Å². The molecule has 0 saturated heterocycles. The normalized spacial score (nSPS) is 11.7. The first-order valence-corrected chi connectivity index (χ1v) is 8.04. The van der Waals surface area contributed by atoms with Crippen LogP contribution in [0.3, 0.4) is 0 Å². The summed E-state index contributed by atoms with van der Waals surface area (Å²) in [6, 6.07) is 0. The van der Waals surface area contributed by atoms with Gasteiger partial charge in [0.25, 0.3) is 0 Å². The van der Waals surface area contributed by atoms with E-state index in [0.717, 1.165) is 45.1 Å². The molecule has 0 spiro atoms. The van der Waals surface area contributed by atoms with Crippen LogP contribution in [-0.2, 0) is 4.79 Å². The van der Waals surface area contributed by atoms with Crippen molar-refractivity contribution in [2.24, 2.45) is 11.1 Å². The summed E-state index contributed by atoms with van der Waals surface area (Å²) >= 11 is 5.18. The molecule has 0 aliphatic rings. The Hall–Kier alpha value is -0.680. The Labute approximate surface area is 129 Å². The third kappa shape index (κ3) is 6.18. The molecule has 0 aliphatic carbocycles. The number of hydrogen-bond donors (Lipinski definition) is 2. The molecular weight excluding hydrogens is 270 g/mol. The van der Waals surface area contributed by atoms with Gasteiger partial charge in [0.1, 0.15) is 0 Å². The van der Waals surface area contributed by atoms with Gasteiger partial charge in [-0.2, -0.15) is 0 Å². The molecule has 4 nitrogen and oxygen atoms in total. The molecule has 1 amide bonds. The average molecular weight is 301 g/mol. The number of nitrogens with one attached hydrogen (secondary N) is 1. The first-order valence-electron chi connectivity index (χ1n) is 7.63. The topological polar surface area (TPSA) is 58.4 Å². The quantitative estimate of drug-likeness (QED) is 0.454. The Kier molecular flexibility index (Phi) is 9.76. The van der Waals surface area contributed by atoms with Crippen molar-refractivity contribution < 1.29 is 4.79 Å². The molecule has 0 unspecified atom stereocenters. The summed E-state index contributed by atoms with van der Waals surface area (Å²) in [7, 11) is 4.11. The van der Waals surface area contributed by atoms with E-state index in [2.05, 4.69) is 38.2 Å². The van der Waals surface area contributed by atoms with Crippen molar-refractivity contribution in [3.63, 3.8) is 0 Å². The van der Waals surface area contributed by atoms with E-state index in [1.54, 1.807) is 0 Å². The van der Waals surface area contributed by atoms with Gasteiger partial charge in [-0.05, 0) is 46.3 Å². The first kappa shape index (κ1) is 19.3. The number of hydrogen-bond acceptors (Lipinski definition) is 3. The van der Waals surface area contributed by atoms with Crippen molar-refractivity contribution in [3.05, 3.63) is 0 Å². The molecular formula is C15H31N3OS. The minimum absolute atomic E-state index is 0.0125. The Morgan fingerprint density at radius 2 is 1.75 bits per heavy atom. The molecule has 0 heterocycles. The number of nitrogens with two attached hydrogens (primary N) is 1. The molecule has 20 heavy (non-hydrogen) atoms. The molecule has 118 valence electrons. The van der Waals surface area contributed by atoms with Gasteiger partial charge in [0, 0.05) is 6.54 Å². The number of carbonyl (C=O) groups excluding carboxylic acids is 1. The molecule has 0 aromatic rings. The monoisotopic (exact) mass is 301 g/mol. The maximum absolute atomic E-state index is 12.5.